The fourth-order valence-electron chi connectivity index (χ4n) is 2.16. The highest BCUT2D eigenvalue weighted by atomic mass is 35.5. The van der Waals surface area contributed by atoms with Crippen LogP contribution in [-0.4, -0.2) is 26.2 Å². The van der Waals surface area contributed by atoms with Crippen molar-refractivity contribution < 1.29 is 14.3 Å². The lowest BCUT2D eigenvalue weighted by molar-refractivity contribution is 0.0601. The predicted octanol–water partition coefficient (Wildman–Crippen LogP) is 4.97. The van der Waals surface area contributed by atoms with Crippen LogP contribution in [0.25, 0.3) is 0 Å². The molecule has 0 amide bonds. The summed E-state index contributed by atoms with van der Waals surface area (Å²) in [6.45, 7) is 3.05. The van der Waals surface area contributed by atoms with E-state index in [1.807, 2.05) is 19.1 Å². The Kier molecular flexibility index (Phi) is 6.76. The minimum Gasteiger partial charge on any atom is -0.492 e. The number of halogens is 2. The Balaban J connectivity index is 1.86. The van der Waals surface area contributed by atoms with Crippen LogP contribution in [0.15, 0.2) is 36.4 Å². The molecule has 0 heterocycles. The third-order valence-corrected chi connectivity index (χ3v) is 3.92. The van der Waals surface area contributed by atoms with Crippen molar-refractivity contribution in [1.82, 2.24) is 0 Å². The van der Waals surface area contributed by atoms with Crippen molar-refractivity contribution in [2.24, 2.45) is 0 Å². The molecule has 0 radical (unpaired) electrons. The summed E-state index contributed by atoms with van der Waals surface area (Å²) in [6, 6.07) is 10.7. The summed E-state index contributed by atoms with van der Waals surface area (Å²) in [5, 5.41) is 4.33. The first-order valence-electron chi connectivity index (χ1n) is 7.52. The molecule has 6 heteroatoms. The van der Waals surface area contributed by atoms with Gasteiger partial charge in [0.2, 0.25) is 0 Å². The van der Waals surface area contributed by atoms with Crippen molar-refractivity contribution in [2.45, 2.75) is 13.3 Å². The number of esters is 1. The summed E-state index contributed by atoms with van der Waals surface area (Å²) in [5.74, 6) is 0.206. The number of benzene rings is 2. The summed E-state index contributed by atoms with van der Waals surface area (Å²) < 4.78 is 10.4. The van der Waals surface area contributed by atoms with Crippen molar-refractivity contribution in [3.05, 3.63) is 57.6 Å². The van der Waals surface area contributed by atoms with Crippen molar-refractivity contribution in [2.75, 3.05) is 25.6 Å². The van der Waals surface area contributed by atoms with Gasteiger partial charge in [0.1, 0.15) is 5.75 Å². The minimum atomic E-state index is -0.358. The largest absolute Gasteiger partial charge is 0.492 e. The summed E-state index contributed by atoms with van der Waals surface area (Å²) in [6.07, 6.45) is 0.733. The molecule has 0 saturated heterocycles. The maximum Gasteiger partial charge on any atom is 0.339 e. The summed E-state index contributed by atoms with van der Waals surface area (Å²) in [4.78, 5) is 11.8. The van der Waals surface area contributed by atoms with E-state index in [2.05, 4.69) is 5.32 Å². The summed E-state index contributed by atoms with van der Waals surface area (Å²) >= 11 is 12.0. The zero-order chi connectivity index (χ0) is 17.5. The number of ether oxygens (including phenoxy) is 2. The van der Waals surface area contributed by atoms with Gasteiger partial charge in [-0.1, -0.05) is 34.8 Å². The van der Waals surface area contributed by atoms with E-state index in [0.717, 1.165) is 17.7 Å². The number of nitrogens with one attached hydrogen (secondary N) is 1. The highest BCUT2D eigenvalue weighted by Gasteiger charge is 2.11. The number of hydrogen-bond acceptors (Lipinski definition) is 4. The van der Waals surface area contributed by atoms with Crippen LogP contribution in [0.4, 0.5) is 5.69 Å². The minimum absolute atomic E-state index is 0.358. The van der Waals surface area contributed by atoms with Crippen molar-refractivity contribution >= 4 is 34.9 Å². The molecule has 0 aliphatic rings. The molecule has 0 saturated carbocycles. The fourth-order valence-corrected chi connectivity index (χ4v) is 2.49. The molecule has 0 aliphatic heterocycles. The average Bonchev–Trinajstić information content (AvgIpc) is 2.57. The third-order valence-electron chi connectivity index (χ3n) is 3.37. The predicted molar refractivity (Wildman–Crippen MR) is 97.6 cm³/mol. The van der Waals surface area contributed by atoms with Crippen LogP contribution in [0.3, 0.4) is 0 Å². The van der Waals surface area contributed by atoms with Gasteiger partial charge in [0.05, 0.1) is 24.3 Å². The highest BCUT2D eigenvalue weighted by Crippen LogP contribution is 2.27. The van der Waals surface area contributed by atoms with Gasteiger partial charge in [-0.15, -0.1) is 0 Å². The van der Waals surface area contributed by atoms with Crippen LogP contribution in [0.2, 0.25) is 10.0 Å². The maximum atomic E-state index is 11.8. The van der Waals surface area contributed by atoms with Gasteiger partial charge in [0, 0.05) is 23.3 Å². The molecular formula is C18H19Cl2NO3. The normalized spacial score (nSPS) is 10.3. The lowest BCUT2D eigenvalue weighted by Gasteiger charge is -2.12. The monoisotopic (exact) mass is 367 g/mol. The molecule has 2 rings (SSSR count). The van der Waals surface area contributed by atoms with Crippen molar-refractivity contribution in [3.8, 4) is 5.75 Å². The molecule has 24 heavy (non-hydrogen) atoms. The number of hydrogen-bond donors (Lipinski definition) is 1. The Bertz CT molecular complexity index is 719. The van der Waals surface area contributed by atoms with Gasteiger partial charge >= 0.3 is 5.97 Å². The standard InChI is InChI=1S/C18H19Cl2NO3/c1-12-4-7-16(14(10-12)18(22)23-2)21-8-3-9-24-17-11-13(19)5-6-15(17)20/h4-7,10-11,21H,3,8-9H2,1-2H3. The van der Waals surface area contributed by atoms with Crippen LogP contribution < -0.4 is 10.1 Å². The van der Waals surface area contributed by atoms with Crippen molar-refractivity contribution in [1.29, 1.82) is 0 Å². The molecule has 128 valence electrons. The lowest BCUT2D eigenvalue weighted by Crippen LogP contribution is -2.11. The number of rotatable bonds is 7. The van der Waals surface area contributed by atoms with E-state index in [4.69, 9.17) is 32.7 Å². The topological polar surface area (TPSA) is 47.6 Å². The molecule has 0 unspecified atom stereocenters. The molecule has 0 fully saturated rings. The molecule has 1 N–H and O–H groups in total. The second-order valence-corrected chi connectivity index (χ2v) is 6.09. The third kappa shape index (κ3) is 5.05. The molecule has 0 bridgehead atoms. The Morgan fingerprint density at radius 1 is 1.17 bits per heavy atom. The van der Waals surface area contributed by atoms with E-state index in [0.29, 0.717) is 34.5 Å². The number of anilines is 1. The number of aryl methyl sites for hydroxylation is 1. The second-order valence-electron chi connectivity index (χ2n) is 5.24. The molecule has 2 aromatic carbocycles. The summed E-state index contributed by atoms with van der Waals surface area (Å²) in [7, 11) is 1.37. The smallest absolute Gasteiger partial charge is 0.339 e. The molecule has 0 aromatic heterocycles. The second kappa shape index (κ2) is 8.81. The molecule has 0 aliphatic carbocycles. The van der Waals surface area contributed by atoms with Crippen molar-refractivity contribution in [3.63, 3.8) is 0 Å². The molecule has 2 aromatic rings. The average molecular weight is 368 g/mol. The van der Waals surface area contributed by atoms with Gasteiger partial charge in [-0.3, -0.25) is 0 Å². The van der Waals surface area contributed by atoms with Gasteiger partial charge in [0.25, 0.3) is 0 Å². The van der Waals surface area contributed by atoms with Gasteiger partial charge in [0.15, 0.2) is 0 Å². The SMILES string of the molecule is COC(=O)c1cc(C)ccc1NCCCOc1cc(Cl)ccc1Cl. The summed E-state index contributed by atoms with van der Waals surface area (Å²) in [5.41, 5.74) is 2.27. The van der Waals surface area contributed by atoms with Crippen LogP contribution >= 0.6 is 23.2 Å². The van der Waals surface area contributed by atoms with E-state index in [-0.39, 0.29) is 5.97 Å². The van der Waals surface area contributed by atoms with Gasteiger partial charge in [-0.05, 0) is 37.6 Å². The van der Waals surface area contributed by atoms with E-state index in [1.165, 1.54) is 7.11 Å². The fraction of sp³-hybridized carbons (Fsp3) is 0.278. The zero-order valence-electron chi connectivity index (χ0n) is 13.6. The number of methoxy groups -OCH3 is 1. The first kappa shape index (κ1) is 18.4. The lowest BCUT2D eigenvalue weighted by atomic mass is 10.1. The Morgan fingerprint density at radius 2 is 1.96 bits per heavy atom. The molecular weight excluding hydrogens is 349 g/mol. The van der Waals surface area contributed by atoms with Gasteiger partial charge in [-0.2, -0.15) is 0 Å². The first-order valence-corrected chi connectivity index (χ1v) is 8.27. The Labute approximate surface area is 151 Å². The zero-order valence-corrected chi connectivity index (χ0v) is 15.1. The van der Waals surface area contributed by atoms with E-state index < -0.39 is 0 Å². The molecule has 4 nitrogen and oxygen atoms in total. The Hall–Kier alpha value is -1.91. The van der Waals surface area contributed by atoms with Crippen LogP contribution in [0.5, 0.6) is 5.75 Å². The maximum absolute atomic E-state index is 11.8. The van der Waals surface area contributed by atoms with Crippen LogP contribution in [0.1, 0.15) is 22.3 Å². The van der Waals surface area contributed by atoms with Gasteiger partial charge < -0.3 is 14.8 Å². The van der Waals surface area contributed by atoms with Crippen LogP contribution in [-0.2, 0) is 4.74 Å². The quantitative estimate of drug-likeness (QED) is 0.554. The highest BCUT2D eigenvalue weighted by molar-refractivity contribution is 6.34. The van der Waals surface area contributed by atoms with Crippen LogP contribution in [0, 0.1) is 6.92 Å². The number of carbonyl (C=O) groups excluding carboxylic acids is 1. The van der Waals surface area contributed by atoms with E-state index in [9.17, 15) is 4.79 Å². The first-order chi connectivity index (χ1) is 11.5. The Morgan fingerprint density at radius 3 is 2.71 bits per heavy atom. The van der Waals surface area contributed by atoms with E-state index in [1.54, 1.807) is 24.3 Å². The number of carbonyl (C=O) groups is 1. The molecule has 0 spiro atoms. The van der Waals surface area contributed by atoms with E-state index >= 15 is 0 Å². The molecule has 0 atom stereocenters. The van der Waals surface area contributed by atoms with Gasteiger partial charge in [-0.25, -0.2) is 4.79 Å².